The van der Waals surface area contributed by atoms with Crippen LogP contribution in [0.4, 0.5) is 0 Å². The molecular weight excluding hydrogens is 334 g/mol. The summed E-state index contributed by atoms with van der Waals surface area (Å²) in [5, 5.41) is 5.41. The maximum absolute atomic E-state index is 12.4. The number of aryl methyl sites for hydroxylation is 1. The molecule has 3 nitrogen and oxygen atoms in total. The highest BCUT2D eigenvalue weighted by Crippen LogP contribution is 2.21. The predicted molar refractivity (Wildman–Crippen MR) is 111 cm³/mol. The van der Waals surface area contributed by atoms with Gasteiger partial charge in [0.15, 0.2) is 0 Å². The van der Waals surface area contributed by atoms with E-state index in [0.717, 1.165) is 18.6 Å². The molecule has 0 aliphatic heterocycles. The number of fused-ring (bicyclic) bond motifs is 1. The van der Waals surface area contributed by atoms with Crippen molar-refractivity contribution in [2.24, 2.45) is 5.92 Å². The van der Waals surface area contributed by atoms with Gasteiger partial charge < -0.3 is 10.1 Å². The van der Waals surface area contributed by atoms with Crippen molar-refractivity contribution in [1.82, 2.24) is 5.32 Å². The highest BCUT2D eigenvalue weighted by Gasteiger charge is 2.14. The van der Waals surface area contributed by atoms with Crippen molar-refractivity contribution in [1.29, 1.82) is 0 Å². The summed E-state index contributed by atoms with van der Waals surface area (Å²) in [7, 11) is 0. The van der Waals surface area contributed by atoms with Crippen molar-refractivity contribution < 1.29 is 9.53 Å². The Morgan fingerprint density at radius 1 is 1.00 bits per heavy atom. The largest absolute Gasteiger partial charge is 0.492 e. The second-order valence-corrected chi connectivity index (χ2v) is 6.88. The van der Waals surface area contributed by atoms with Gasteiger partial charge in [-0.15, -0.1) is 0 Å². The van der Waals surface area contributed by atoms with Gasteiger partial charge in [0.2, 0.25) is 5.91 Å². The lowest BCUT2D eigenvalue weighted by atomic mass is 9.95. The normalized spacial score (nSPS) is 11.9. The van der Waals surface area contributed by atoms with Crippen LogP contribution in [0.2, 0.25) is 0 Å². The predicted octanol–water partition coefficient (Wildman–Crippen LogP) is 4.78. The maximum atomic E-state index is 12.4. The molecule has 27 heavy (non-hydrogen) atoms. The molecular formula is C24H27NO2. The second-order valence-electron chi connectivity index (χ2n) is 6.88. The molecule has 0 aliphatic rings. The van der Waals surface area contributed by atoms with Gasteiger partial charge >= 0.3 is 0 Å². The summed E-state index contributed by atoms with van der Waals surface area (Å²) in [4.78, 5) is 12.4. The van der Waals surface area contributed by atoms with Crippen LogP contribution in [0.25, 0.3) is 10.8 Å². The Bertz CT molecular complexity index is 881. The van der Waals surface area contributed by atoms with Gasteiger partial charge in [-0.25, -0.2) is 0 Å². The molecule has 1 atom stereocenters. The first kappa shape index (κ1) is 19.0. The fraction of sp³-hybridized carbons (Fsp3) is 0.292. The molecule has 1 N–H and O–H groups in total. The monoisotopic (exact) mass is 361 g/mol. The number of carbonyl (C=O) groups is 1. The first-order valence-electron chi connectivity index (χ1n) is 9.63. The van der Waals surface area contributed by atoms with Crippen molar-refractivity contribution in [3.8, 4) is 5.75 Å². The third-order valence-electron chi connectivity index (χ3n) is 4.86. The van der Waals surface area contributed by atoms with E-state index < -0.39 is 0 Å². The number of benzene rings is 3. The van der Waals surface area contributed by atoms with Gasteiger partial charge in [-0.2, -0.15) is 0 Å². The van der Waals surface area contributed by atoms with Crippen molar-refractivity contribution >= 4 is 16.7 Å². The van der Waals surface area contributed by atoms with Gasteiger partial charge in [0, 0.05) is 5.92 Å². The van der Waals surface area contributed by atoms with Crippen LogP contribution in [-0.2, 0) is 17.6 Å². The number of carbonyl (C=O) groups excluding carboxylic acids is 1. The third kappa shape index (κ3) is 5.10. The topological polar surface area (TPSA) is 38.3 Å². The Hall–Kier alpha value is -2.81. The highest BCUT2D eigenvalue weighted by atomic mass is 16.5. The number of hydrogen-bond acceptors (Lipinski definition) is 2. The fourth-order valence-electron chi connectivity index (χ4n) is 3.23. The summed E-state index contributed by atoms with van der Waals surface area (Å²) in [6.45, 7) is 5.08. The van der Waals surface area contributed by atoms with Gasteiger partial charge in [-0.3, -0.25) is 4.79 Å². The van der Waals surface area contributed by atoms with E-state index in [1.807, 2.05) is 31.2 Å². The van der Waals surface area contributed by atoms with Crippen LogP contribution in [0, 0.1) is 5.92 Å². The summed E-state index contributed by atoms with van der Waals surface area (Å²) < 4.78 is 5.70. The van der Waals surface area contributed by atoms with E-state index in [-0.39, 0.29) is 11.8 Å². The zero-order valence-electron chi connectivity index (χ0n) is 16.1. The van der Waals surface area contributed by atoms with Crippen LogP contribution < -0.4 is 10.1 Å². The Morgan fingerprint density at radius 3 is 2.52 bits per heavy atom. The minimum absolute atomic E-state index is 0.0628. The minimum Gasteiger partial charge on any atom is -0.492 e. The van der Waals surface area contributed by atoms with E-state index in [9.17, 15) is 4.79 Å². The molecule has 0 unspecified atom stereocenters. The maximum Gasteiger partial charge on any atom is 0.223 e. The summed E-state index contributed by atoms with van der Waals surface area (Å²) >= 11 is 0. The fourth-order valence-corrected chi connectivity index (χ4v) is 3.23. The first-order chi connectivity index (χ1) is 13.2. The Kier molecular flexibility index (Phi) is 6.48. The molecule has 0 spiro atoms. The Balaban J connectivity index is 1.47. The summed E-state index contributed by atoms with van der Waals surface area (Å²) in [6, 6.07) is 22.7. The molecule has 140 valence electrons. The summed E-state index contributed by atoms with van der Waals surface area (Å²) in [6.07, 6.45) is 1.75. The summed E-state index contributed by atoms with van der Waals surface area (Å²) in [5.74, 6) is 0.817. The molecule has 0 aliphatic carbocycles. The van der Waals surface area contributed by atoms with Gasteiger partial charge in [0.1, 0.15) is 12.4 Å². The zero-order chi connectivity index (χ0) is 19.1. The molecule has 3 heteroatoms. The van der Waals surface area contributed by atoms with E-state index in [4.69, 9.17) is 4.74 Å². The molecule has 1 amide bonds. The van der Waals surface area contributed by atoms with Crippen LogP contribution in [-0.4, -0.2) is 19.1 Å². The molecule has 3 aromatic rings. The molecule has 0 bridgehead atoms. The number of nitrogens with one attached hydrogen (secondary N) is 1. The molecule has 0 saturated heterocycles. The number of rotatable bonds is 8. The summed E-state index contributed by atoms with van der Waals surface area (Å²) in [5.41, 5.74) is 2.50. The van der Waals surface area contributed by atoms with E-state index in [2.05, 4.69) is 54.7 Å². The van der Waals surface area contributed by atoms with E-state index in [1.165, 1.54) is 21.9 Å². The molecule has 3 rings (SSSR count). The van der Waals surface area contributed by atoms with Gasteiger partial charge in [-0.05, 0) is 46.9 Å². The second kappa shape index (κ2) is 9.22. The number of ether oxygens (including phenoxy) is 1. The molecule has 0 fully saturated rings. The van der Waals surface area contributed by atoms with E-state index >= 15 is 0 Å². The van der Waals surface area contributed by atoms with Crippen LogP contribution in [0.5, 0.6) is 5.75 Å². The average Bonchev–Trinajstić information content (AvgIpc) is 2.71. The van der Waals surface area contributed by atoms with Gasteiger partial charge in [0.25, 0.3) is 0 Å². The lowest BCUT2D eigenvalue weighted by molar-refractivity contribution is -0.124. The lowest BCUT2D eigenvalue weighted by Gasteiger charge is -2.14. The third-order valence-corrected chi connectivity index (χ3v) is 4.86. The highest BCUT2D eigenvalue weighted by molar-refractivity contribution is 5.86. The molecule has 0 aromatic heterocycles. The minimum atomic E-state index is -0.0837. The Morgan fingerprint density at radius 2 is 1.74 bits per heavy atom. The molecule has 0 radical (unpaired) electrons. The zero-order valence-corrected chi connectivity index (χ0v) is 16.1. The van der Waals surface area contributed by atoms with Crippen LogP contribution in [0.15, 0.2) is 66.7 Å². The molecule has 0 heterocycles. The molecule has 3 aromatic carbocycles. The van der Waals surface area contributed by atoms with Crippen molar-refractivity contribution in [2.45, 2.75) is 26.7 Å². The standard InChI is InChI=1S/C24H27NO2/c1-3-19-11-13-22(14-12-19)27-16-15-25-24(26)18(2)17-21-9-6-8-20-7-4-5-10-23(20)21/h4-14,18H,3,15-17H2,1-2H3,(H,25,26)/t18-/m1/s1. The average molecular weight is 361 g/mol. The number of hydrogen-bond donors (Lipinski definition) is 1. The van der Waals surface area contributed by atoms with E-state index in [0.29, 0.717) is 13.2 Å². The van der Waals surface area contributed by atoms with Crippen molar-refractivity contribution in [3.63, 3.8) is 0 Å². The van der Waals surface area contributed by atoms with Crippen molar-refractivity contribution in [3.05, 3.63) is 77.9 Å². The van der Waals surface area contributed by atoms with Crippen LogP contribution in [0.3, 0.4) is 0 Å². The SMILES string of the molecule is CCc1ccc(OCCNC(=O)[C@H](C)Cc2cccc3ccccc23)cc1. The molecule has 0 saturated carbocycles. The van der Waals surface area contributed by atoms with Crippen LogP contribution in [0.1, 0.15) is 25.0 Å². The lowest BCUT2D eigenvalue weighted by Crippen LogP contribution is -2.33. The first-order valence-corrected chi connectivity index (χ1v) is 9.63. The quantitative estimate of drug-likeness (QED) is 0.587. The smallest absolute Gasteiger partial charge is 0.223 e. The van der Waals surface area contributed by atoms with E-state index in [1.54, 1.807) is 0 Å². The number of amides is 1. The van der Waals surface area contributed by atoms with Crippen LogP contribution >= 0.6 is 0 Å². The van der Waals surface area contributed by atoms with Gasteiger partial charge in [-0.1, -0.05) is 68.4 Å². The Labute approximate surface area is 161 Å². The van der Waals surface area contributed by atoms with Crippen molar-refractivity contribution in [2.75, 3.05) is 13.2 Å². The van der Waals surface area contributed by atoms with Gasteiger partial charge in [0.05, 0.1) is 6.54 Å².